The molecule has 0 unspecified atom stereocenters. The number of carbonyl (C=O) groups excluding carboxylic acids is 2. The van der Waals surface area contributed by atoms with Crippen molar-refractivity contribution >= 4 is 11.6 Å². The minimum absolute atomic E-state index is 0.112. The molecule has 0 aromatic rings. The van der Waals surface area contributed by atoms with Gasteiger partial charge in [-0.1, -0.05) is 12.7 Å². The first-order valence-electron chi connectivity index (χ1n) is 3.27. The Bertz CT molecular complexity index is 293. The van der Waals surface area contributed by atoms with Crippen LogP contribution in [0.4, 0.5) is 0 Å². The number of ketones is 2. The molecule has 0 amide bonds. The molecule has 0 aliphatic heterocycles. The lowest BCUT2D eigenvalue weighted by Gasteiger charge is -2.05. The second-order valence-corrected chi connectivity index (χ2v) is 2.30. The van der Waals surface area contributed by atoms with Crippen molar-refractivity contribution in [2.75, 3.05) is 0 Å². The van der Waals surface area contributed by atoms with E-state index < -0.39 is 0 Å². The van der Waals surface area contributed by atoms with Gasteiger partial charge in [0.05, 0.1) is 0 Å². The molecule has 0 heterocycles. The van der Waals surface area contributed by atoms with E-state index in [9.17, 15) is 9.59 Å². The molecule has 2 nitrogen and oxygen atoms in total. The van der Waals surface area contributed by atoms with Crippen LogP contribution in [-0.2, 0) is 9.59 Å². The lowest BCUT2D eigenvalue weighted by molar-refractivity contribution is -0.115. The Morgan fingerprint density at radius 1 is 1.27 bits per heavy atom. The van der Waals surface area contributed by atoms with Crippen LogP contribution in [0.2, 0.25) is 0 Å². The van der Waals surface area contributed by atoms with Crippen molar-refractivity contribution in [1.29, 1.82) is 0 Å². The van der Waals surface area contributed by atoms with Gasteiger partial charge in [-0.25, -0.2) is 0 Å². The van der Waals surface area contributed by atoms with Crippen LogP contribution >= 0.6 is 0 Å². The molecule has 0 N–H and O–H groups in total. The van der Waals surface area contributed by atoms with E-state index in [-0.39, 0.29) is 11.6 Å². The predicted octanol–water partition coefficient (Wildman–Crippen LogP) is 1.20. The summed E-state index contributed by atoms with van der Waals surface area (Å²) in [4.78, 5) is 22.0. The van der Waals surface area contributed by atoms with Gasteiger partial charge in [-0.15, -0.1) is 0 Å². The topological polar surface area (TPSA) is 34.1 Å². The van der Waals surface area contributed by atoms with E-state index in [4.69, 9.17) is 0 Å². The highest BCUT2D eigenvalue weighted by Gasteiger charge is 2.15. The predicted molar refractivity (Wildman–Crippen MR) is 42.1 cm³/mol. The molecular weight excluding hydrogens is 140 g/mol. The first kappa shape index (κ1) is 7.66. The first-order chi connectivity index (χ1) is 5.16. The van der Waals surface area contributed by atoms with Crippen molar-refractivity contribution in [2.24, 2.45) is 0 Å². The second kappa shape index (κ2) is 2.66. The largest absolute Gasteiger partial charge is 0.290 e. The maximum absolute atomic E-state index is 11.0. The molecule has 0 atom stereocenters. The van der Waals surface area contributed by atoms with E-state index in [1.165, 1.54) is 18.2 Å². The Balaban J connectivity index is 3.19. The fraction of sp³-hybridized carbons (Fsp3) is 0.111. The highest BCUT2D eigenvalue weighted by molar-refractivity contribution is 6.21. The molecule has 1 aliphatic carbocycles. The highest BCUT2D eigenvalue weighted by Crippen LogP contribution is 2.13. The zero-order chi connectivity index (χ0) is 8.43. The van der Waals surface area contributed by atoms with Gasteiger partial charge < -0.3 is 0 Å². The van der Waals surface area contributed by atoms with Crippen molar-refractivity contribution in [3.8, 4) is 0 Å². The molecule has 0 aromatic heterocycles. The third-order valence-corrected chi connectivity index (χ3v) is 1.63. The number of hydrogen-bond donors (Lipinski definition) is 0. The summed E-state index contributed by atoms with van der Waals surface area (Å²) in [6, 6.07) is 0. The molecular formula is C9H8O2. The molecule has 0 saturated carbocycles. The van der Waals surface area contributed by atoms with E-state index in [1.54, 1.807) is 6.92 Å². The Morgan fingerprint density at radius 2 is 1.82 bits per heavy atom. The average molecular weight is 148 g/mol. The Labute approximate surface area is 64.9 Å². The number of hydrogen-bond acceptors (Lipinski definition) is 2. The summed E-state index contributed by atoms with van der Waals surface area (Å²) in [6.07, 6.45) is 3.97. The zero-order valence-electron chi connectivity index (χ0n) is 6.26. The average Bonchev–Trinajstić information content (AvgIpc) is 1.99. The fourth-order valence-electron chi connectivity index (χ4n) is 0.937. The van der Waals surface area contributed by atoms with Gasteiger partial charge in [0.25, 0.3) is 0 Å². The van der Waals surface area contributed by atoms with Gasteiger partial charge in [-0.05, 0) is 19.1 Å². The van der Waals surface area contributed by atoms with Gasteiger partial charge in [0.15, 0.2) is 11.6 Å². The number of allylic oxidation sites excluding steroid dienone is 5. The molecule has 1 rings (SSSR count). The molecule has 0 bridgehead atoms. The summed E-state index contributed by atoms with van der Waals surface area (Å²) < 4.78 is 0. The molecule has 56 valence electrons. The summed E-state index contributed by atoms with van der Waals surface area (Å²) in [7, 11) is 0. The Kier molecular flexibility index (Phi) is 1.85. The summed E-state index contributed by atoms with van der Waals surface area (Å²) >= 11 is 0. The summed E-state index contributed by atoms with van der Waals surface area (Å²) in [6.45, 7) is 5.08. The van der Waals surface area contributed by atoms with Crippen LogP contribution in [-0.4, -0.2) is 11.6 Å². The molecule has 0 aromatic carbocycles. The van der Waals surface area contributed by atoms with Gasteiger partial charge in [-0.3, -0.25) is 9.59 Å². The molecule has 0 fully saturated rings. The van der Waals surface area contributed by atoms with Crippen LogP contribution in [0.25, 0.3) is 0 Å². The smallest absolute Gasteiger partial charge is 0.186 e. The van der Waals surface area contributed by atoms with Gasteiger partial charge >= 0.3 is 0 Å². The first-order valence-corrected chi connectivity index (χ1v) is 3.27. The second-order valence-electron chi connectivity index (χ2n) is 2.30. The summed E-state index contributed by atoms with van der Waals surface area (Å²) in [5.74, 6) is -0.253. The van der Waals surface area contributed by atoms with Gasteiger partial charge in [0.1, 0.15) is 0 Å². The standard InChI is InChI=1S/C9H8O2/c1-3-7-6(2)8(10)4-5-9(7)11/h3-5H,1H2,2H3. The van der Waals surface area contributed by atoms with Crippen LogP contribution in [0.15, 0.2) is 36.0 Å². The third kappa shape index (κ3) is 1.19. The van der Waals surface area contributed by atoms with E-state index >= 15 is 0 Å². The lowest BCUT2D eigenvalue weighted by atomic mass is 9.96. The van der Waals surface area contributed by atoms with Gasteiger partial charge in [0.2, 0.25) is 0 Å². The lowest BCUT2D eigenvalue weighted by Crippen LogP contribution is -2.10. The van der Waals surface area contributed by atoms with E-state index in [0.717, 1.165) is 0 Å². The number of rotatable bonds is 1. The SMILES string of the molecule is C=CC1=C(C)C(=O)C=CC1=O. The van der Waals surface area contributed by atoms with Crippen molar-refractivity contribution < 1.29 is 9.59 Å². The molecule has 0 saturated heterocycles. The monoisotopic (exact) mass is 148 g/mol. The molecule has 1 aliphatic rings. The molecule has 2 heteroatoms. The maximum Gasteiger partial charge on any atom is 0.186 e. The normalized spacial score (nSPS) is 17.5. The maximum atomic E-state index is 11.0. The van der Waals surface area contributed by atoms with Crippen LogP contribution in [0.3, 0.4) is 0 Å². The van der Waals surface area contributed by atoms with E-state index in [1.807, 2.05) is 0 Å². The number of carbonyl (C=O) groups is 2. The van der Waals surface area contributed by atoms with Crippen LogP contribution in [0.1, 0.15) is 6.92 Å². The highest BCUT2D eigenvalue weighted by atomic mass is 16.1. The fourth-order valence-corrected chi connectivity index (χ4v) is 0.937. The van der Waals surface area contributed by atoms with E-state index in [0.29, 0.717) is 11.1 Å². The summed E-state index contributed by atoms with van der Waals surface area (Å²) in [5, 5.41) is 0. The van der Waals surface area contributed by atoms with Crippen molar-refractivity contribution in [1.82, 2.24) is 0 Å². The van der Waals surface area contributed by atoms with Crippen LogP contribution in [0, 0.1) is 0 Å². The Morgan fingerprint density at radius 3 is 2.27 bits per heavy atom. The molecule has 0 spiro atoms. The minimum Gasteiger partial charge on any atom is -0.290 e. The van der Waals surface area contributed by atoms with E-state index in [2.05, 4.69) is 6.58 Å². The van der Waals surface area contributed by atoms with Crippen molar-refractivity contribution in [3.63, 3.8) is 0 Å². The van der Waals surface area contributed by atoms with Crippen LogP contribution < -0.4 is 0 Å². The van der Waals surface area contributed by atoms with Gasteiger partial charge in [-0.2, -0.15) is 0 Å². The van der Waals surface area contributed by atoms with Crippen molar-refractivity contribution in [2.45, 2.75) is 6.92 Å². The third-order valence-electron chi connectivity index (χ3n) is 1.63. The Hall–Kier alpha value is -1.44. The van der Waals surface area contributed by atoms with Crippen LogP contribution in [0.5, 0.6) is 0 Å². The molecule has 11 heavy (non-hydrogen) atoms. The van der Waals surface area contributed by atoms with Crippen molar-refractivity contribution in [3.05, 3.63) is 36.0 Å². The minimum atomic E-state index is -0.142. The quantitative estimate of drug-likeness (QED) is 0.523. The van der Waals surface area contributed by atoms with Gasteiger partial charge in [0, 0.05) is 11.1 Å². The zero-order valence-corrected chi connectivity index (χ0v) is 6.26. The molecule has 0 radical (unpaired) electrons. The summed E-state index contributed by atoms with van der Waals surface area (Å²) in [5.41, 5.74) is 0.894.